The van der Waals surface area contributed by atoms with Crippen molar-refractivity contribution in [3.05, 3.63) is 58.6 Å². The van der Waals surface area contributed by atoms with Crippen LogP contribution in [-0.4, -0.2) is 11.5 Å². The van der Waals surface area contributed by atoms with Crippen molar-refractivity contribution in [1.82, 2.24) is 10.3 Å². The third kappa shape index (κ3) is 3.61. The lowest BCUT2D eigenvalue weighted by molar-refractivity contribution is 0.770. The first-order chi connectivity index (χ1) is 7.95. The molecule has 16 heavy (non-hydrogen) atoms. The summed E-state index contributed by atoms with van der Waals surface area (Å²) in [5, 5.41) is 3.34. The second-order valence-corrected chi connectivity index (χ2v) is 4.38. The lowest BCUT2D eigenvalue weighted by atomic mass is 10.2. The van der Waals surface area contributed by atoms with Crippen LogP contribution in [0.5, 0.6) is 0 Å². The van der Waals surface area contributed by atoms with E-state index in [1.54, 1.807) is 11.3 Å². The summed E-state index contributed by atoms with van der Waals surface area (Å²) in [5.74, 6) is 0. The third-order valence-corrected chi connectivity index (χ3v) is 2.93. The van der Waals surface area contributed by atoms with E-state index in [9.17, 15) is 0 Å². The molecule has 0 fully saturated rings. The van der Waals surface area contributed by atoms with E-state index in [0.717, 1.165) is 13.1 Å². The standard InChI is InChI=1S/C13H14N2S/c1-2-5-12(6-3-1)7-4-8-14-9-13-10-15-11-16-13/h1-7,10-11,14H,8-9H2/b7-4+. The van der Waals surface area contributed by atoms with Crippen LogP contribution in [0.3, 0.4) is 0 Å². The quantitative estimate of drug-likeness (QED) is 0.799. The Labute approximate surface area is 99.7 Å². The van der Waals surface area contributed by atoms with E-state index in [1.807, 2.05) is 29.9 Å². The molecule has 2 nitrogen and oxygen atoms in total. The first-order valence-electron chi connectivity index (χ1n) is 5.25. The van der Waals surface area contributed by atoms with Gasteiger partial charge >= 0.3 is 0 Å². The van der Waals surface area contributed by atoms with Gasteiger partial charge in [0.1, 0.15) is 0 Å². The van der Waals surface area contributed by atoms with E-state index in [0.29, 0.717) is 0 Å². The Morgan fingerprint density at radius 3 is 2.88 bits per heavy atom. The van der Waals surface area contributed by atoms with Gasteiger partial charge < -0.3 is 5.32 Å². The fourth-order valence-corrected chi connectivity index (χ4v) is 1.93. The lowest BCUT2D eigenvalue weighted by Crippen LogP contribution is -2.11. The van der Waals surface area contributed by atoms with Crippen LogP contribution in [-0.2, 0) is 6.54 Å². The summed E-state index contributed by atoms with van der Waals surface area (Å²) in [5.41, 5.74) is 3.10. The smallest absolute Gasteiger partial charge is 0.0794 e. The molecule has 0 aliphatic rings. The fourth-order valence-electron chi connectivity index (χ4n) is 1.37. The monoisotopic (exact) mass is 230 g/mol. The first kappa shape index (κ1) is 11.0. The average molecular weight is 230 g/mol. The molecule has 0 amide bonds. The summed E-state index contributed by atoms with van der Waals surface area (Å²) in [7, 11) is 0. The topological polar surface area (TPSA) is 24.9 Å². The Kier molecular flexibility index (Phi) is 4.28. The van der Waals surface area contributed by atoms with Crippen LogP contribution >= 0.6 is 11.3 Å². The molecular formula is C13H14N2S. The van der Waals surface area contributed by atoms with E-state index >= 15 is 0 Å². The molecular weight excluding hydrogens is 216 g/mol. The molecule has 1 aromatic carbocycles. The molecule has 82 valence electrons. The van der Waals surface area contributed by atoms with E-state index in [1.165, 1.54) is 10.4 Å². The van der Waals surface area contributed by atoms with Gasteiger partial charge in [-0.1, -0.05) is 42.5 Å². The Morgan fingerprint density at radius 1 is 1.25 bits per heavy atom. The molecule has 2 aromatic rings. The minimum absolute atomic E-state index is 0.882. The van der Waals surface area contributed by atoms with Gasteiger partial charge in [-0.2, -0.15) is 0 Å². The predicted octanol–water partition coefficient (Wildman–Crippen LogP) is 2.95. The van der Waals surface area contributed by atoms with Gasteiger partial charge in [0.25, 0.3) is 0 Å². The number of rotatable bonds is 5. The molecule has 0 atom stereocenters. The van der Waals surface area contributed by atoms with Gasteiger partial charge in [-0.25, -0.2) is 0 Å². The van der Waals surface area contributed by atoms with Crippen molar-refractivity contribution in [3.8, 4) is 0 Å². The maximum absolute atomic E-state index is 4.03. The molecule has 2 rings (SSSR count). The number of thiazole rings is 1. The van der Waals surface area contributed by atoms with Gasteiger partial charge in [0.15, 0.2) is 0 Å². The zero-order valence-electron chi connectivity index (χ0n) is 8.97. The molecule has 1 heterocycles. The first-order valence-corrected chi connectivity index (χ1v) is 6.13. The van der Waals surface area contributed by atoms with E-state index in [4.69, 9.17) is 0 Å². The average Bonchev–Trinajstić information content (AvgIpc) is 2.83. The molecule has 0 saturated carbocycles. The van der Waals surface area contributed by atoms with Crippen molar-refractivity contribution in [2.45, 2.75) is 6.54 Å². The minimum Gasteiger partial charge on any atom is -0.308 e. The molecule has 0 bridgehead atoms. The number of hydrogen-bond donors (Lipinski definition) is 1. The normalized spacial score (nSPS) is 11.0. The number of nitrogens with zero attached hydrogens (tertiary/aromatic N) is 1. The van der Waals surface area contributed by atoms with Gasteiger partial charge in [0, 0.05) is 24.2 Å². The van der Waals surface area contributed by atoms with Crippen LogP contribution in [0.25, 0.3) is 6.08 Å². The zero-order chi connectivity index (χ0) is 11.1. The fraction of sp³-hybridized carbons (Fsp3) is 0.154. The van der Waals surface area contributed by atoms with Gasteiger partial charge in [-0.3, -0.25) is 4.98 Å². The maximum Gasteiger partial charge on any atom is 0.0794 e. The van der Waals surface area contributed by atoms with Crippen LogP contribution < -0.4 is 5.32 Å². The largest absolute Gasteiger partial charge is 0.308 e. The van der Waals surface area contributed by atoms with E-state index in [-0.39, 0.29) is 0 Å². The summed E-state index contributed by atoms with van der Waals surface area (Å²) in [6, 6.07) is 10.3. The zero-order valence-corrected chi connectivity index (χ0v) is 9.78. The Bertz CT molecular complexity index is 420. The molecule has 0 aliphatic heterocycles. The van der Waals surface area contributed by atoms with Crippen LogP contribution in [0.1, 0.15) is 10.4 Å². The van der Waals surface area contributed by atoms with Crippen LogP contribution in [0.2, 0.25) is 0 Å². The van der Waals surface area contributed by atoms with Gasteiger partial charge in [-0.05, 0) is 5.56 Å². The van der Waals surface area contributed by atoms with E-state index < -0.39 is 0 Å². The highest BCUT2D eigenvalue weighted by molar-refractivity contribution is 7.09. The van der Waals surface area contributed by atoms with Crippen molar-refractivity contribution >= 4 is 17.4 Å². The highest BCUT2D eigenvalue weighted by Gasteiger charge is 1.91. The number of nitrogens with one attached hydrogen (secondary N) is 1. The summed E-state index contributed by atoms with van der Waals surface area (Å²) in [6.07, 6.45) is 6.16. The second-order valence-electron chi connectivity index (χ2n) is 3.41. The summed E-state index contributed by atoms with van der Waals surface area (Å²) in [6.45, 7) is 1.77. The highest BCUT2D eigenvalue weighted by Crippen LogP contribution is 2.04. The number of hydrogen-bond acceptors (Lipinski definition) is 3. The molecule has 0 unspecified atom stereocenters. The molecule has 0 saturated heterocycles. The third-order valence-electron chi connectivity index (χ3n) is 2.15. The van der Waals surface area contributed by atoms with Gasteiger partial charge in [0.2, 0.25) is 0 Å². The van der Waals surface area contributed by atoms with Crippen molar-refractivity contribution in [2.24, 2.45) is 0 Å². The Hall–Kier alpha value is -1.45. The number of aromatic nitrogens is 1. The van der Waals surface area contributed by atoms with Crippen LogP contribution in [0.15, 0.2) is 48.1 Å². The van der Waals surface area contributed by atoms with Gasteiger partial charge in [0.05, 0.1) is 5.51 Å². The number of benzene rings is 1. The predicted molar refractivity (Wildman–Crippen MR) is 69.3 cm³/mol. The van der Waals surface area contributed by atoms with Crippen molar-refractivity contribution in [3.63, 3.8) is 0 Å². The minimum atomic E-state index is 0.882. The summed E-state index contributed by atoms with van der Waals surface area (Å²) in [4.78, 5) is 5.30. The van der Waals surface area contributed by atoms with Crippen LogP contribution in [0, 0.1) is 0 Å². The molecule has 0 radical (unpaired) electrons. The molecule has 3 heteroatoms. The molecule has 0 spiro atoms. The highest BCUT2D eigenvalue weighted by atomic mass is 32.1. The van der Waals surface area contributed by atoms with Crippen LogP contribution in [0.4, 0.5) is 0 Å². The summed E-state index contributed by atoms with van der Waals surface area (Å²) < 4.78 is 0. The Morgan fingerprint density at radius 2 is 2.12 bits per heavy atom. The maximum atomic E-state index is 4.03. The van der Waals surface area contributed by atoms with Crippen molar-refractivity contribution < 1.29 is 0 Å². The van der Waals surface area contributed by atoms with Crippen molar-refractivity contribution in [1.29, 1.82) is 0 Å². The van der Waals surface area contributed by atoms with E-state index in [2.05, 4.69) is 34.6 Å². The SMILES string of the molecule is C(=C\c1ccccc1)/CNCc1cncs1. The second kappa shape index (κ2) is 6.20. The van der Waals surface area contributed by atoms with Crippen molar-refractivity contribution in [2.75, 3.05) is 6.54 Å². The summed E-state index contributed by atoms with van der Waals surface area (Å²) >= 11 is 1.68. The molecule has 0 aliphatic carbocycles. The Balaban J connectivity index is 1.70. The molecule has 1 N–H and O–H groups in total. The van der Waals surface area contributed by atoms with Gasteiger partial charge in [-0.15, -0.1) is 11.3 Å². The molecule has 1 aromatic heterocycles. The lowest BCUT2D eigenvalue weighted by Gasteiger charge is -1.97.